The molecule has 0 aromatic heterocycles. The molecule has 0 heterocycles. The van der Waals surface area contributed by atoms with Gasteiger partial charge in [0.2, 0.25) is 0 Å². The SMILES string of the molecule is CCCCCCCCCCCCCCCC=C(C)C(=O)O. The molecule has 0 amide bonds. The van der Waals surface area contributed by atoms with Crippen LogP contribution >= 0.6 is 0 Å². The first-order valence-electron chi connectivity index (χ1n) is 9.08. The monoisotopic (exact) mass is 296 g/mol. The Morgan fingerprint density at radius 2 is 1.14 bits per heavy atom. The second kappa shape index (κ2) is 15.6. The Balaban J connectivity index is 3.12. The van der Waals surface area contributed by atoms with Gasteiger partial charge in [0, 0.05) is 5.57 Å². The van der Waals surface area contributed by atoms with Crippen molar-refractivity contribution in [1.29, 1.82) is 0 Å². The van der Waals surface area contributed by atoms with Gasteiger partial charge >= 0.3 is 5.97 Å². The third-order valence-electron chi connectivity index (χ3n) is 4.10. The molecule has 0 bridgehead atoms. The van der Waals surface area contributed by atoms with Crippen molar-refractivity contribution in [3.05, 3.63) is 11.6 Å². The summed E-state index contributed by atoms with van der Waals surface area (Å²) in [5, 5.41) is 8.72. The first-order chi connectivity index (χ1) is 10.2. The Morgan fingerprint density at radius 1 is 0.762 bits per heavy atom. The van der Waals surface area contributed by atoms with E-state index >= 15 is 0 Å². The molecule has 21 heavy (non-hydrogen) atoms. The molecule has 0 aliphatic rings. The fourth-order valence-corrected chi connectivity index (χ4v) is 2.57. The standard InChI is InChI=1S/C19H36O2/c1-3-4-5-6-7-8-9-10-11-12-13-14-15-16-17-18(2)19(20)21/h17H,3-16H2,1-2H3,(H,20,21). The lowest BCUT2D eigenvalue weighted by Gasteiger charge is -2.02. The number of hydrogen-bond acceptors (Lipinski definition) is 1. The fourth-order valence-electron chi connectivity index (χ4n) is 2.57. The predicted molar refractivity (Wildman–Crippen MR) is 91.7 cm³/mol. The lowest BCUT2D eigenvalue weighted by Crippen LogP contribution is -1.95. The summed E-state index contributed by atoms with van der Waals surface area (Å²) in [5.74, 6) is -0.787. The average molecular weight is 296 g/mol. The Kier molecular flexibility index (Phi) is 15.0. The highest BCUT2D eigenvalue weighted by atomic mass is 16.4. The number of hydrogen-bond donors (Lipinski definition) is 1. The fraction of sp³-hybridized carbons (Fsp3) is 0.842. The van der Waals surface area contributed by atoms with Gasteiger partial charge in [0.05, 0.1) is 0 Å². The summed E-state index contributed by atoms with van der Waals surface area (Å²) in [4.78, 5) is 10.6. The van der Waals surface area contributed by atoms with Crippen molar-refractivity contribution in [1.82, 2.24) is 0 Å². The van der Waals surface area contributed by atoms with Crippen LogP contribution in [0.1, 0.15) is 104 Å². The second-order valence-electron chi connectivity index (χ2n) is 6.22. The van der Waals surface area contributed by atoms with Gasteiger partial charge in [-0.15, -0.1) is 0 Å². The lowest BCUT2D eigenvalue weighted by molar-refractivity contribution is -0.132. The first-order valence-corrected chi connectivity index (χ1v) is 9.08. The van der Waals surface area contributed by atoms with Crippen molar-refractivity contribution in [2.75, 3.05) is 0 Å². The Hall–Kier alpha value is -0.790. The number of aliphatic carboxylic acids is 1. The van der Waals surface area contributed by atoms with E-state index in [-0.39, 0.29) is 0 Å². The van der Waals surface area contributed by atoms with Crippen LogP contribution in [0, 0.1) is 0 Å². The third-order valence-corrected chi connectivity index (χ3v) is 4.10. The molecular weight excluding hydrogens is 260 g/mol. The number of unbranched alkanes of at least 4 members (excludes halogenated alkanes) is 13. The molecule has 2 nitrogen and oxygen atoms in total. The van der Waals surface area contributed by atoms with Crippen LogP contribution in [-0.2, 0) is 4.79 Å². The number of rotatable bonds is 15. The van der Waals surface area contributed by atoms with Crippen LogP contribution in [0.4, 0.5) is 0 Å². The van der Waals surface area contributed by atoms with Gasteiger partial charge in [-0.05, 0) is 19.8 Å². The first kappa shape index (κ1) is 20.2. The summed E-state index contributed by atoms with van der Waals surface area (Å²) in [5.41, 5.74) is 0.480. The van der Waals surface area contributed by atoms with Gasteiger partial charge in [-0.1, -0.05) is 90.0 Å². The Bertz CT molecular complexity index is 269. The van der Waals surface area contributed by atoms with E-state index in [9.17, 15) is 4.79 Å². The maximum Gasteiger partial charge on any atom is 0.330 e. The quantitative estimate of drug-likeness (QED) is 0.277. The maximum atomic E-state index is 10.6. The minimum atomic E-state index is -0.787. The van der Waals surface area contributed by atoms with Gasteiger partial charge in [0.15, 0.2) is 0 Å². The third kappa shape index (κ3) is 15.4. The molecule has 1 N–H and O–H groups in total. The minimum Gasteiger partial charge on any atom is -0.478 e. The van der Waals surface area contributed by atoms with Crippen molar-refractivity contribution in [3.8, 4) is 0 Å². The largest absolute Gasteiger partial charge is 0.478 e. The minimum absolute atomic E-state index is 0.480. The van der Waals surface area contributed by atoms with Gasteiger partial charge in [-0.2, -0.15) is 0 Å². The smallest absolute Gasteiger partial charge is 0.330 e. The summed E-state index contributed by atoms with van der Waals surface area (Å²) in [7, 11) is 0. The van der Waals surface area contributed by atoms with Crippen LogP contribution in [0.3, 0.4) is 0 Å². The average Bonchev–Trinajstić information content (AvgIpc) is 2.47. The number of carbonyl (C=O) groups is 1. The Labute approximate surface area is 132 Å². The normalized spacial score (nSPS) is 11.8. The second-order valence-corrected chi connectivity index (χ2v) is 6.22. The highest BCUT2D eigenvalue weighted by Crippen LogP contribution is 2.13. The zero-order chi connectivity index (χ0) is 15.8. The molecule has 0 rings (SSSR count). The predicted octanol–water partition coefficient (Wildman–Crippen LogP) is 6.50. The number of allylic oxidation sites excluding steroid dienone is 1. The van der Waals surface area contributed by atoms with Gasteiger partial charge in [0.1, 0.15) is 0 Å². The molecule has 0 radical (unpaired) electrons. The molecule has 0 spiro atoms. The van der Waals surface area contributed by atoms with Gasteiger partial charge in [0.25, 0.3) is 0 Å². The highest BCUT2D eigenvalue weighted by molar-refractivity contribution is 5.85. The summed E-state index contributed by atoms with van der Waals surface area (Å²) < 4.78 is 0. The van der Waals surface area contributed by atoms with E-state index < -0.39 is 5.97 Å². The van der Waals surface area contributed by atoms with Crippen molar-refractivity contribution in [3.63, 3.8) is 0 Å². The van der Waals surface area contributed by atoms with Crippen LogP contribution in [0.2, 0.25) is 0 Å². The van der Waals surface area contributed by atoms with E-state index in [0.29, 0.717) is 5.57 Å². The van der Waals surface area contributed by atoms with Crippen LogP contribution in [0.5, 0.6) is 0 Å². The van der Waals surface area contributed by atoms with E-state index in [1.54, 1.807) is 6.92 Å². The van der Waals surface area contributed by atoms with Crippen molar-refractivity contribution in [2.24, 2.45) is 0 Å². The molecule has 0 saturated heterocycles. The van der Waals surface area contributed by atoms with E-state index in [4.69, 9.17) is 5.11 Å². The van der Waals surface area contributed by atoms with Gasteiger partial charge in [-0.3, -0.25) is 0 Å². The molecule has 0 aliphatic heterocycles. The van der Waals surface area contributed by atoms with E-state index in [1.807, 2.05) is 6.08 Å². The molecule has 0 aromatic rings. The highest BCUT2D eigenvalue weighted by Gasteiger charge is 1.98. The molecular formula is C19H36O2. The van der Waals surface area contributed by atoms with E-state index in [1.165, 1.54) is 77.0 Å². The van der Waals surface area contributed by atoms with Crippen LogP contribution in [-0.4, -0.2) is 11.1 Å². The van der Waals surface area contributed by atoms with Gasteiger partial charge in [-0.25, -0.2) is 4.79 Å². The van der Waals surface area contributed by atoms with Crippen molar-refractivity contribution < 1.29 is 9.90 Å². The molecule has 0 aliphatic carbocycles. The van der Waals surface area contributed by atoms with Crippen LogP contribution < -0.4 is 0 Å². The summed E-state index contributed by atoms with van der Waals surface area (Å²) in [6, 6.07) is 0. The molecule has 2 heteroatoms. The van der Waals surface area contributed by atoms with Crippen molar-refractivity contribution in [2.45, 2.75) is 104 Å². The summed E-state index contributed by atoms with van der Waals surface area (Å²) in [6.07, 6.45) is 20.4. The molecule has 0 saturated carbocycles. The molecule has 0 aromatic carbocycles. The number of carboxylic acids is 1. The number of carboxylic acid groups (broad SMARTS) is 1. The zero-order valence-electron chi connectivity index (χ0n) is 14.3. The summed E-state index contributed by atoms with van der Waals surface area (Å²) in [6.45, 7) is 3.94. The molecule has 0 atom stereocenters. The van der Waals surface area contributed by atoms with Crippen LogP contribution in [0.15, 0.2) is 11.6 Å². The van der Waals surface area contributed by atoms with E-state index in [2.05, 4.69) is 6.92 Å². The summed E-state index contributed by atoms with van der Waals surface area (Å²) >= 11 is 0. The topological polar surface area (TPSA) is 37.3 Å². The Morgan fingerprint density at radius 3 is 1.52 bits per heavy atom. The van der Waals surface area contributed by atoms with Gasteiger partial charge < -0.3 is 5.11 Å². The van der Waals surface area contributed by atoms with Crippen molar-refractivity contribution >= 4 is 5.97 Å². The maximum absolute atomic E-state index is 10.6. The zero-order valence-corrected chi connectivity index (χ0v) is 14.3. The molecule has 0 fully saturated rings. The van der Waals surface area contributed by atoms with Crippen LogP contribution in [0.25, 0.3) is 0 Å². The lowest BCUT2D eigenvalue weighted by atomic mass is 10.0. The van der Waals surface area contributed by atoms with E-state index in [0.717, 1.165) is 12.8 Å². The molecule has 124 valence electrons. The molecule has 0 unspecified atom stereocenters.